The van der Waals surface area contributed by atoms with E-state index in [0.29, 0.717) is 5.91 Å². The van der Waals surface area contributed by atoms with Gasteiger partial charge in [0, 0.05) is 44.1 Å². The van der Waals surface area contributed by atoms with Crippen LogP contribution < -0.4 is 0 Å². The third-order valence-corrected chi connectivity index (χ3v) is 5.78. The van der Waals surface area contributed by atoms with E-state index in [2.05, 4.69) is 52.0 Å². The molecule has 1 atom stereocenters. The van der Waals surface area contributed by atoms with Crippen LogP contribution in [0.3, 0.4) is 0 Å². The highest BCUT2D eigenvalue weighted by Crippen LogP contribution is 2.32. The first-order chi connectivity index (χ1) is 13.3. The van der Waals surface area contributed by atoms with Gasteiger partial charge >= 0.3 is 0 Å². The highest BCUT2D eigenvalue weighted by molar-refractivity contribution is 5.83. The van der Waals surface area contributed by atoms with Crippen LogP contribution in [-0.4, -0.2) is 52.9 Å². The summed E-state index contributed by atoms with van der Waals surface area (Å²) in [4.78, 5) is 22.0. The Kier molecular flexibility index (Phi) is 5.53. The summed E-state index contributed by atoms with van der Waals surface area (Å²) >= 11 is 0. The molecule has 0 spiro atoms. The van der Waals surface area contributed by atoms with E-state index in [9.17, 15) is 4.79 Å². The zero-order valence-electron chi connectivity index (χ0n) is 16.2. The van der Waals surface area contributed by atoms with Gasteiger partial charge in [0.15, 0.2) is 0 Å². The van der Waals surface area contributed by atoms with Crippen LogP contribution >= 0.6 is 0 Å². The summed E-state index contributed by atoms with van der Waals surface area (Å²) in [5, 5.41) is 0. The molecular weight excluding hydrogens is 334 g/mol. The zero-order valence-corrected chi connectivity index (χ0v) is 16.2. The normalized spacial score (nSPS) is 20.9. The Bertz CT molecular complexity index is 772. The highest BCUT2D eigenvalue weighted by Gasteiger charge is 2.37. The van der Waals surface area contributed by atoms with Gasteiger partial charge in [-0.25, -0.2) is 0 Å². The van der Waals surface area contributed by atoms with E-state index in [1.807, 2.05) is 12.3 Å². The van der Waals surface area contributed by atoms with Crippen LogP contribution in [0.1, 0.15) is 31.7 Å². The third kappa shape index (κ3) is 4.22. The number of hydrogen-bond donors (Lipinski definition) is 0. The maximum Gasteiger partial charge on any atom is 0.240 e. The van der Waals surface area contributed by atoms with Crippen molar-refractivity contribution in [2.24, 2.45) is 5.92 Å². The molecular formula is C23H29N3O. The number of piperazine rings is 1. The van der Waals surface area contributed by atoms with Gasteiger partial charge in [-0.05, 0) is 48.8 Å². The van der Waals surface area contributed by atoms with Gasteiger partial charge in [-0.3, -0.25) is 14.7 Å². The second-order valence-corrected chi connectivity index (χ2v) is 7.88. The second kappa shape index (κ2) is 8.22. The largest absolute Gasteiger partial charge is 0.340 e. The lowest BCUT2D eigenvalue weighted by atomic mass is 9.94. The third-order valence-electron chi connectivity index (χ3n) is 5.78. The quantitative estimate of drug-likeness (QED) is 0.754. The van der Waals surface area contributed by atoms with Gasteiger partial charge in [-0.2, -0.15) is 0 Å². The lowest BCUT2D eigenvalue weighted by Crippen LogP contribution is -2.58. The van der Waals surface area contributed by atoms with Crippen molar-refractivity contribution in [1.29, 1.82) is 0 Å². The number of rotatable bonds is 7. The predicted molar refractivity (Wildman–Crippen MR) is 108 cm³/mol. The molecule has 2 heterocycles. The first-order valence-electron chi connectivity index (χ1n) is 10.3. The van der Waals surface area contributed by atoms with E-state index in [1.54, 1.807) is 6.20 Å². The molecule has 1 aromatic heterocycles. The summed E-state index contributed by atoms with van der Waals surface area (Å²) in [6.45, 7) is 5.97. The molecule has 1 saturated heterocycles. The minimum Gasteiger partial charge on any atom is -0.340 e. The fourth-order valence-corrected chi connectivity index (χ4v) is 4.15. The van der Waals surface area contributed by atoms with Crippen LogP contribution in [0.25, 0.3) is 11.1 Å². The molecule has 4 heteroatoms. The van der Waals surface area contributed by atoms with Crippen molar-refractivity contribution in [3.63, 3.8) is 0 Å². The van der Waals surface area contributed by atoms with Crippen LogP contribution in [0, 0.1) is 5.92 Å². The van der Waals surface area contributed by atoms with E-state index in [4.69, 9.17) is 0 Å². The Morgan fingerprint density at radius 3 is 2.70 bits per heavy atom. The molecule has 0 bridgehead atoms. The summed E-state index contributed by atoms with van der Waals surface area (Å²) in [5.74, 6) is 1.11. The maximum absolute atomic E-state index is 13.3. The highest BCUT2D eigenvalue weighted by atomic mass is 16.2. The van der Waals surface area contributed by atoms with Gasteiger partial charge < -0.3 is 4.90 Å². The van der Waals surface area contributed by atoms with Gasteiger partial charge in [0.25, 0.3) is 0 Å². The fourth-order valence-electron chi connectivity index (χ4n) is 4.15. The molecule has 4 rings (SSSR count). The average molecular weight is 364 g/mol. The lowest BCUT2D eigenvalue weighted by molar-refractivity contribution is -0.141. The van der Waals surface area contributed by atoms with Crippen LogP contribution in [0.15, 0.2) is 48.8 Å². The molecule has 1 aromatic carbocycles. The molecule has 1 amide bonds. The predicted octanol–water partition coefficient (Wildman–Crippen LogP) is 3.62. The van der Waals surface area contributed by atoms with Crippen molar-refractivity contribution >= 4 is 5.91 Å². The summed E-state index contributed by atoms with van der Waals surface area (Å²) in [5.41, 5.74) is 3.55. The maximum atomic E-state index is 13.3. The number of benzene rings is 1. The van der Waals surface area contributed by atoms with E-state index in [1.165, 1.54) is 24.0 Å². The molecule has 0 unspecified atom stereocenters. The molecule has 27 heavy (non-hydrogen) atoms. The first-order valence-corrected chi connectivity index (χ1v) is 10.3. The van der Waals surface area contributed by atoms with Gasteiger partial charge in [0.05, 0.1) is 6.04 Å². The van der Waals surface area contributed by atoms with E-state index >= 15 is 0 Å². The average Bonchev–Trinajstić information content (AvgIpc) is 3.52. The summed E-state index contributed by atoms with van der Waals surface area (Å²) < 4.78 is 0. The fraction of sp³-hybridized carbons (Fsp3) is 0.478. The molecule has 2 fully saturated rings. The molecule has 0 radical (unpaired) electrons. The number of aromatic nitrogens is 1. The van der Waals surface area contributed by atoms with Crippen molar-refractivity contribution in [1.82, 2.24) is 14.8 Å². The molecule has 2 aromatic rings. The van der Waals surface area contributed by atoms with Crippen molar-refractivity contribution in [3.05, 3.63) is 54.4 Å². The smallest absolute Gasteiger partial charge is 0.240 e. The number of nitrogens with zero attached hydrogens (tertiary/aromatic N) is 3. The molecule has 1 saturated carbocycles. The van der Waals surface area contributed by atoms with Crippen LogP contribution in [0.5, 0.6) is 0 Å². The van der Waals surface area contributed by atoms with Gasteiger partial charge in [-0.15, -0.1) is 0 Å². The van der Waals surface area contributed by atoms with Crippen LogP contribution in [-0.2, 0) is 11.2 Å². The van der Waals surface area contributed by atoms with Crippen molar-refractivity contribution in [2.75, 3.05) is 26.2 Å². The molecule has 142 valence electrons. The lowest BCUT2D eigenvalue weighted by Gasteiger charge is -2.41. The molecule has 1 aliphatic carbocycles. The number of carbonyl (C=O) groups excluding carboxylic acids is 1. The van der Waals surface area contributed by atoms with Crippen LogP contribution in [0.4, 0.5) is 0 Å². The summed E-state index contributed by atoms with van der Waals surface area (Å²) in [7, 11) is 0. The Morgan fingerprint density at radius 1 is 1.11 bits per heavy atom. The monoisotopic (exact) mass is 363 g/mol. The van der Waals surface area contributed by atoms with E-state index < -0.39 is 0 Å². The Balaban J connectivity index is 1.60. The van der Waals surface area contributed by atoms with E-state index in [0.717, 1.165) is 50.5 Å². The van der Waals surface area contributed by atoms with Gasteiger partial charge in [-0.1, -0.05) is 37.3 Å². The number of carbonyl (C=O) groups is 1. The van der Waals surface area contributed by atoms with E-state index in [-0.39, 0.29) is 6.04 Å². The SMILES string of the molecule is CCCN1CCN(CC2CC2)[C@@H](Cc2ccccc2-c2cccnc2)C1=O. The van der Waals surface area contributed by atoms with Crippen molar-refractivity contribution in [2.45, 2.75) is 38.6 Å². The molecule has 0 N–H and O–H groups in total. The Labute approximate surface area is 162 Å². The summed E-state index contributed by atoms with van der Waals surface area (Å²) in [6.07, 6.45) is 8.15. The molecule has 4 nitrogen and oxygen atoms in total. The van der Waals surface area contributed by atoms with Gasteiger partial charge in [0.2, 0.25) is 5.91 Å². The van der Waals surface area contributed by atoms with Crippen molar-refractivity contribution < 1.29 is 4.79 Å². The molecule has 2 aliphatic rings. The number of hydrogen-bond acceptors (Lipinski definition) is 3. The Hall–Kier alpha value is -2.20. The number of pyridine rings is 1. The minimum atomic E-state index is -0.0382. The zero-order chi connectivity index (χ0) is 18.6. The van der Waals surface area contributed by atoms with Gasteiger partial charge in [0.1, 0.15) is 0 Å². The second-order valence-electron chi connectivity index (χ2n) is 7.88. The Morgan fingerprint density at radius 2 is 1.96 bits per heavy atom. The first kappa shape index (κ1) is 18.2. The van der Waals surface area contributed by atoms with Crippen molar-refractivity contribution in [3.8, 4) is 11.1 Å². The summed E-state index contributed by atoms with van der Waals surface area (Å²) in [6, 6.07) is 12.5. The molecule has 1 aliphatic heterocycles. The number of amides is 1. The van der Waals surface area contributed by atoms with Crippen LogP contribution in [0.2, 0.25) is 0 Å². The topological polar surface area (TPSA) is 36.4 Å². The minimum absolute atomic E-state index is 0.0382. The standard InChI is InChI=1S/C23H29N3O/c1-2-12-25-13-14-26(17-18-9-10-18)22(23(25)27)15-19-6-3-4-8-21(19)20-7-5-11-24-16-20/h3-8,11,16,18,22H,2,9-10,12-15,17H2,1H3/t22-/m0/s1.